The summed E-state index contributed by atoms with van der Waals surface area (Å²) in [7, 11) is 2.62. The van der Waals surface area contributed by atoms with E-state index in [0.29, 0.717) is 31.7 Å². The molecule has 16 heteroatoms. The van der Waals surface area contributed by atoms with Crippen LogP contribution in [0.1, 0.15) is 116 Å². The van der Waals surface area contributed by atoms with Crippen molar-refractivity contribution in [3.63, 3.8) is 0 Å². The van der Waals surface area contributed by atoms with E-state index in [1.165, 1.54) is 14.2 Å². The number of imidazole rings is 2. The third kappa shape index (κ3) is 8.32. The highest BCUT2D eigenvalue weighted by Crippen LogP contribution is 2.44. The van der Waals surface area contributed by atoms with Crippen molar-refractivity contribution in [2.24, 2.45) is 11.8 Å². The molecule has 0 spiro atoms. The highest BCUT2D eigenvalue weighted by Gasteiger charge is 2.45. The molecule has 66 heavy (non-hydrogen) atoms. The van der Waals surface area contributed by atoms with E-state index in [0.717, 1.165) is 87.0 Å². The lowest BCUT2D eigenvalue weighted by Crippen LogP contribution is -2.55. The molecule has 3 saturated heterocycles. The van der Waals surface area contributed by atoms with Crippen molar-refractivity contribution < 1.29 is 38.1 Å². The van der Waals surface area contributed by atoms with Gasteiger partial charge < -0.3 is 49.3 Å². The Bertz CT molecular complexity index is 2650. The number of benzene rings is 3. The Hall–Kier alpha value is -6.16. The molecule has 9 atom stereocenters. The zero-order chi connectivity index (χ0) is 46.6. The Kier molecular flexibility index (Phi) is 12.5. The lowest BCUT2D eigenvalue weighted by Gasteiger charge is -2.39. The molecular weight excluding hydrogens is 841 g/mol. The van der Waals surface area contributed by atoms with Gasteiger partial charge >= 0.3 is 12.2 Å². The highest BCUT2D eigenvalue weighted by atomic mass is 16.5. The lowest BCUT2D eigenvalue weighted by atomic mass is 9.85. The molecule has 4 N–H and O–H groups in total. The molecule has 4 aliphatic rings. The van der Waals surface area contributed by atoms with Crippen LogP contribution in [0.2, 0.25) is 0 Å². The van der Waals surface area contributed by atoms with Crippen LogP contribution in [0.5, 0.6) is 5.75 Å². The van der Waals surface area contributed by atoms with E-state index < -0.39 is 24.3 Å². The van der Waals surface area contributed by atoms with E-state index >= 15 is 0 Å². The number of hydrogen-bond acceptors (Lipinski definition) is 10. The van der Waals surface area contributed by atoms with Crippen molar-refractivity contribution in [1.82, 2.24) is 40.4 Å². The molecule has 2 unspecified atom stereocenters. The minimum Gasteiger partial charge on any atom is -0.488 e. The number of H-pyrrole nitrogens is 2. The molecular formula is C50H62N8O8. The minimum absolute atomic E-state index is 0.0289. The largest absolute Gasteiger partial charge is 0.488 e. The Labute approximate surface area is 384 Å². The van der Waals surface area contributed by atoms with E-state index in [1.807, 2.05) is 56.7 Å². The van der Waals surface area contributed by atoms with Gasteiger partial charge in [0.2, 0.25) is 11.8 Å². The van der Waals surface area contributed by atoms with E-state index in [2.05, 4.69) is 63.9 Å². The number of fused-ring (bicyclic) bond motifs is 6. The van der Waals surface area contributed by atoms with Crippen LogP contribution in [-0.2, 0) is 30.4 Å². The predicted molar refractivity (Wildman–Crippen MR) is 248 cm³/mol. The number of alkyl carbamates (subject to hydrolysis) is 2. The zero-order valence-corrected chi connectivity index (χ0v) is 39.1. The fraction of sp³-hybridized carbons (Fsp3) is 0.520. The number of carbonyl (C=O) groups is 4. The fourth-order valence-electron chi connectivity index (χ4n) is 11.0. The van der Waals surface area contributed by atoms with Crippen LogP contribution in [0.25, 0.3) is 44.2 Å². The summed E-state index contributed by atoms with van der Waals surface area (Å²) in [5.74, 6) is 1.74. The summed E-state index contributed by atoms with van der Waals surface area (Å²) in [6.45, 7) is 12.5. The van der Waals surface area contributed by atoms with Gasteiger partial charge in [-0.1, -0.05) is 38.5 Å². The molecule has 0 saturated carbocycles. The first kappa shape index (κ1) is 45.0. The minimum atomic E-state index is -0.747. The molecule has 16 nitrogen and oxygen atoms in total. The second kappa shape index (κ2) is 18.3. The van der Waals surface area contributed by atoms with Gasteiger partial charge in [0.05, 0.1) is 61.4 Å². The number of nitrogens with zero attached hydrogens (tertiary/aromatic N) is 4. The summed E-state index contributed by atoms with van der Waals surface area (Å²) in [5.41, 5.74) is 6.58. The van der Waals surface area contributed by atoms with Crippen molar-refractivity contribution in [2.45, 2.75) is 142 Å². The van der Waals surface area contributed by atoms with E-state index in [1.54, 1.807) is 0 Å². The number of aromatic amines is 2. The fourth-order valence-corrected chi connectivity index (χ4v) is 11.0. The zero-order valence-electron chi connectivity index (χ0n) is 39.1. The second-order valence-corrected chi connectivity index (χ2v) is 19.0. The Morgan fingerprint density at radius 2 is 1.50 bits per heavy atom. The molecule has 0 bridgehead atoms. The van der Waals surface area contributed by atoms with Gasteiger partial charge in [-0.2, -0.15) is 0 Å². The summed E-state index contributed by atoms with van der Waals surface area (Å²) < 4.78 is 22.3. The molecule has 4 aliphatic heterocycles. The number of rotatable bonds is 10. The lowest BCUT2D eigenvalue weighted by molar-refractivity contribution is -0.140. The average molecular weight is 903 g/mol. The van der Waals surface area contributed by atoms with Gasteiger partial charge in [0.1, 0.15) is 36.1 Å². The van der Waals surface area contributed by atoms with Gasteiger partial charge in [-0.15, -0.1) is 0 Å². The van der Waals surface area contributed by atoms with Crippen molar-refractivity contribution in [3.05, 3.63) is 65.9 Å². The summed E-state index contributed by atoms with van der Waals surface area (Å²) in [5, 5.41) is 7.64. The molecule has 4 amide bonds. The van der Waals surface area contributed by atoms with Crippen molar-refractivity contribution >= 4 is 45.8 Å². The Balaban J connectivity index is 0.958. The van der Waals surface area contributed by atoms with E-state index in [-0.39, 0.29) is 60.0 Å². The Morgan fingerprint density at radius 1 is 0.818 bits per heavy atom. The number of likely N-dealkylation sites (tertiary alicyclic amines) is 2. The van der Waals surface area contributed by atoms with Crippen LogP contribution in [0.15, 0.2) is 48.7 Å². The number of amides is 4. The maximum Gasteiger partial charge on any atom is 0.407 e. The molecule has 9 rings (SSSR count). The van der Waals surface area contributed by atoms with Gasteiger partial charge in [0.15, 0.2) is 0 Å². The topological polar surface area (TPSA) is 193 Å². The first-order valence-electron chi connectivity index (χ1n) is 23.5. The van der Waals surface area contributed by atoms with Crippen molar-refractivity contribution in [3.8, 4) is 28.1 Å². The number of methoxy groups -OCH3 is 2. The molecule has 0 radical (unpaired) electrons. The maximum absolute atomic E-state index is 14.5. The average Bonchev–Trinajstić information content (AvgIpc) is 4.14. The first-order chi connectivity index (χ1) is 31.8. The van der Waals surface area contributed by atoms with Gasteiger partial charge in [-0.05, 0) is 124 Å². The summed E-state index contributed by atoms with van der Waals surface area (Å²) >= 11 is 0. The van der Waals surface area contributed by atoms with Crippen LogP contribution in [-0.4, -0.2) is 104 Å². The van der Waals surface area contributed by atoms with Crippen LogP contribution < -0.4 is 15.4 Å². The number of ether oxygens (including phenoxy) is 4. The third-order valence-electron chi connectivity index (χ3n) is 14.6. The summed E-state index contributed by atoms with van der Waals surface area (Å²) in [6.07, 6.45) is 5.66. The number of hydrogen-bond donors (Lipinski definition) is 4. The maximum atomic E-state index is 14.5. The van der Waals surface area contributed by atoms with Crippen molar-refractivity contribution in [1.29, 1.82) is 0 Å². The molecule has 2 aromatic heterocycles. The molecule has 6 heterocycles. The molecule has 3 aromatic carbocycles. The predicted octanol–water partition coefficient (Wildman–Crippen LogP) is 8.47. The second-order valence-electron chi connectivity index (χ2n) is 19.0. The Morgan fingerprint density at radius 3 is 2.20 bits per heavy atom. The molecule has 350 valence electrons. The number of carbonyl (C=O) groups excluding carboxylic acids is 4. The molecule has 5 aromatic rings. The third-order valence-corrected chi connectivity index (χ3v) is 14.6. The van der Waals surface area contributed by atoms with Gasteiger partial charge in [0, 0.05) is 23.0 Å². The van der Waals surface area contributed by atoms with Crippen LogP contribution in [0.3, 0.4) is 0 Å². The number of nitrogens with one attached hydrogen (secondary N) is 4. The first-order valence-corrected chi connectivity index (χ1v) is 23.5. The van der Waals surface area contributed by atoms with Crippen LogP contribution in [0, 0.1) is 11.8 Å². The summed E-state index contributed by atoms with van der Waals surface area (Å²) in [4.78, 5) is 74.4. The highest BCUT2D eigenvalue weighted by molar-refractivity contribution is 6.07. The van der Waals surface area contributed by atoms with Crippen molar-refractivity contribution in [2.75, 3.05) is 14.2 Å². The normalized spacial score (nSPS) is 25.1. The monoisotopic (exact) mass is 902 g/mol. The van der Waals surface area contributed by atoms with Gasteiger partial charge in [-0.25, -0.2) is 19.6 Å². The van der Waals surface area contributed by atoms with Gasteiger partial charge in [-0.3, -0.25) is 9.59 Å². The quantitative estimate of drug-likeness (QED) is 0.106. The summed E-state index contributed by atoms with van der Waals surface area (Å²) in [6, 6.07) is 12.6. The number of aromatic nitrogens is 4. The van der Waals surface area contributed by atoms with Crippen LogP contribution >= 0.6 is 0 Å². The SMILES string of the molecule is CC[C@H](C)C(NC(=O)OC)C(=O)N1C(c2nc3c(ccc4cc5c(cc43)OCc3cc(-c4cnc([C@@H]6CC[C@H](C)N6C(=O)[C@@H](NC(=O)OC)C6C[C@@H](C)O[C@H](C)C6)[nH]4)ccc3-5)[nH]2)CC[C@@H]1C. The molecule has 3 fully saturated rings. The van der Waals surface area contributed by atoms with E-state index in [9.17, 15) is 19.2 Å². The standard InChI is InChI=1S/C50H62N8O8/c1-9-25(2)42(55-49(61)63-7)47(59)58-27(4)11-17-40(58)46-52-37-15-13-30-21-36-34-14-12-31(20-33(34)24-65-41(36)22-35(30)44(37)54-46)38-23-51-45(53-38)39-16-10-26(3)57(39)48(60)43(56-50(62)64-8)32-18-28(5)66-29(6)19-32/h12-15,20-23,25-29,32,39-40,42-43H,9-11,16-19,24H2,1-8H3,(H,51,53)(H,52,54)(H,55,61)(H,56,62)/t25-,26-,27-,28+,29+,39-,40?,42?,43-/m0/s1. The van der Waals surface area contributed by atoms with Crippen LogP contribution in [0.4, 0.5) is 9.59 Å². The molecule has 0 aliphatic carbocycles. The van der Waals surface area contributed by atoms with E-state index in [4.69, 9.17) is 28.9 Å². The smallest absolute Gasteiger partial charge is 0.407 e. The van der Waals surface area contributed by atoms with Gasteiger partial charge in [0.25, 0.3) is 0 Å².